The van der Waals surface area contributed by atoms with Crippen LogP contribution in [0.3, 0.4) is 0 Å². The highest BCUT2D eigenvalue weighted by molar-refractivity contribution is 14.0. The Morgan fingerprint density at radius 2 is 1.20 bits per heavy atom. The molecule has 0 amide bonds. The van der Waals surface area contributed by atoms with E-state index in [9.17, 15) is 32.5 Å². The number of allylic oxidation sites excluding steroid dienone is 1. The molecule has 41 heavy (non-hydrogen) atoms. The van der Waals surface area contributed by atoms with Crippen LogP contribution in [0, 0.1) is 0 Å². The van der Waals surface area contributed by atoms with E-state index in [0.29, 0.717) is 29.7 Å². The van der Waals surface area contributed by atoms with Gasteiger partial charge in [-0.2, -0.15) is 0 Å². The molecule has 11 heteroatoms. The van der Waals surface area contributed by atoms with Crippen molar-refractivity contribution in [3.63, 3.8) is 0 Å². The van der Waals surface area contributed by atoms with Crippen LogP contribution in [0.15, 0.2) is 59.7 Å². The molecule has 2 aliphatic carbocycles. The average molecular weight is 694 g/mol. The molecule has 0 bridgehead atoms. The smallest absolute Gasteiger partial charge is 0.244 e. The Bertz CT molecular complexity index is 1650. The number of hydrogen-bond acceptors (Lipinski definition) is 9. The summed E-state index contributed by atoms with van der Waals surface area (Å²) in [6.07, 6.45) is 2.09. The molecule has 0 fully saturated rings. The number of Topliss-reactive ketones (excluding diaryl/α,β-unsaturated/α-hetero) is 3. The second-order valence-corrected chi connectivity index (χ2v) is 13.0. The van der Waals surface area contributed by atoms with Crippen LogP contribution in [-0.4, -0.2) is 46.6 Å². The fourth-order valence-corrected chi connectivity index (χ4v) is 6.21. The SMILES string of the molecule is CC1(C)CCC2=C(O1)c1ccccc1C(=O)C2=O.CC1(C)CCC2=C(O1)c1ccccc1C(O)(S(=O)(=O)[O-])C2=O.I. The van der Waals surface area contributed by atoms with E-state index < -0.39 is 38.0 Å². The zero-order valence-corrected chi connectivity index (χ0v) is 26.1. The molecule has 4 aliphatic rings. The number of aliphatic hydroxyl groups is 1. The molecule has 0 saturated heterocycles. The van der Waals surface area contributed by atoms with Gasteiger partial charge in [0.1, 0.15) is 32.8 Å². The van der Waals surface area contributed by atoms with E-state index in [-0.39, 0.29) is 58.5 Å². The lowest BCUT2D eigenvalue weighted by Crippen LogP contribution is -2.48. The summed E-state index contributed by atoms with van der Waals surface area (Å²) in [5.74, 6) is -1.06. The number of carbonyl (C=O) groups is 3. The lowest BCUT2D eigenvalue weighted by molar-refractivity contribution is -0.128. The summed E-state index contributed by atoms with van der Waals surface area (Å²) < 4.78 is 46.5. The number of carbonyl (C=O) groups excluding carboxylic acids is 3. The summed E-state index contributed by atoms with van der Waals surface area (Å²) >= 11 is 0. The molecule has 0 saturated carbocycles. The predicted molar refractivity (Wildman–Crippen MR) is 159 cm³/mol. The molecular formula is C30H30IO9S-. The molecule has 2 aromatic rings. The number of halogens is 1. The molecule has 1 unspecified atom stereocenters. The van der Waals surface area contributed by atoms with Crippen molar-refractivity contribution >= 4 is 63.0 Å². The van der Waals surface area contributed by atoms with E-state index >= 15 is 0 Å². The molecule has 2 heterocycles. The second kappa shape index (κ2) is 10.4. The lowest BCUT2D eigenvalue weighted by Gasteiger charge is -2.41. The Morgan fingerprint density at radius 1 is 0.732 bits per heavy atom. The van der Waals surface area contributed by atoms with E-state index in [2.05, 4.69) is 0 Å². The van der Waals surface area contributed by atoms with Crippen molar-refractivity contribution in [1.82, 2.24) is 0 Å². The molecule has 1 N–H and O–H groups in total. The average Bonchev–Trinajstić information content (AvgIpc) is 2.89. The summed E-state index contributed by atoms with van der Waals surface area (Å²) in [6, 6.07) is 13.0. The number of fused-ring (bicyclic) bond motifs is 4. The third-order valence-corrected chi connectivity index (χ3v) is 8.76. The number of hydrogen-bond donors (Lipinski definition) is 1. The summed E-state index contributed by atoms with van der Waals surface area (Å²) in [5, 5.41) is 10.5. The molecule has 6 rings (SSSR count). The van der Waals surface area contributed by atoms with Crippen LogP contribution in [-0.2, 0) is 34.1 Å². The maximum absolute atomic E-state index is 12.5. The van der Waals surface area contributed by atoms with Crippen molar-refractivity contribution in [3.05, 3.63) is 81.9 Å². The predicted octanol–water partition coefficient (Wildman–Crippen LogP) is 4.63. The summed E-state index contributed by atoms with van der Waals surface area (Å²) in [5.41, 5.74) is 1.03. The Balaban J connectivity index is 0.000000188. The Morgan fingerprint density at radius 3 is 1.76 bits per heavy atom. The minimum Gasteiger partial charge on any atom is -0.745 e. The highest BCUT2D eigenvalue weighted by Crippen LogP contribution is 2.48. The number of ether oxygens (including phenoxy) is 2. The van der Waals surface area contributed by atoms with Crippen molar-refractivity contribution in [1.29, 1.82) is 0 Å². The van der Waals surface area contributed by atoms with Crippen molar-refractivity contribution in [2.45, 2.75) is 69.5 Å². The van der Waals surface area contributed by atoms with Crippen LogP contribution in [0.25, 0.3) is 11.5 Å². The minimum atomic E-state index is -5.30. The fraction of sp³-hybridized carbons (Fsp3) is 0.367. The number of benzene rings is 2. The fourth-order valence-electron chi connectivity index (χ4n) is 5.42. The first-order valence-corrected chi connectivity index (χ1v) is 14.3. The Hall–Kier alpha value is -2.87. The Kier molecular flexibility index (Phi) is 7.91. The van der Waals surface area contributed by atoms with E-state index in [0.717, 1.165) is 12.0 Å². The van der Waals surface area contributed by atoms with Gasteiger partial charge in [0.2, 0.25) is 22.3 Å². The quantitative estimate of drug-likeness (QED) is 0.257. The second-order valence-electron chi connectivity index (χ2n) is 11.5. The summed E-state index contributed by atoms with van der Waals surface area (Å²) in [6.45, 7) is 7.71. The van der Waals surface area contributed by atoms with Crippen LogP contribution in [0.1, 0.15) is 80.4 Å². The molecule has 2 aromatic carbocycles. The number of rotatable bonds is 1. The first-order valence-electron chi connectivity index (χ1n) is 12.9. The van der Waals surface area contributed by atoms with E-state index in [1.165, 1.54) is 18.2 Å². The van der Waals surface area contributed by atoms with Gasteiger partial charge in [-0.1, -0.05) is 48.5 Å². The van der Waals surface area contributed by atoms with Gasteiger partial charge in [-0.3, -0.25) is 14.4 Å². The van der Waals surface area contributed by atoms with Gasteiger partial charge >= 0.3 is 0 Å². The van der Waals surface area contributed by atoms with Gasteiger partial charge in [0, 0.05) is 33.4 Å². The molecule has 218 valence electrons. The molecule has 0 aromatic heterocycles. The van der Waals surface area contributed by atoms with Crippen LogP contribution in [0.4, 0.5) is 0 Å². The minimum absolute atomic E-state index is 0. The van der Waals surface area contributed by atoms with Crippen molar-refractivity contribution in [3.8, 4) is 0 Å². The van der Waals surface area contributed by atoms with Gasteiger partial charge in [0.25, 0.3) is 0 Å². The summed E-state index contributed by atoms with van der Waals surface area (Å²) in [4.78, 5) is 33.5. The van der Waals surface area contributed by atoms with Gasteiger partial charge in [-0.05, 0) is 53.4 Å². The third kappa shape index (κ3) is 5.17. The van der Waals surface area contributed by atoms with Crippen molar-refractivity contribution in [2.24, 2.45) is 0 Å². The van der Waals surface area contributed by atoms with Crippen LogP contribution < -0.4 is 0 Å². The number of ketones is 3. The highest BCUT2D eigenvalue weighted by Gasteiger charge is 2.53. The zero-order valence-electron chi connectivity index (χ0n) is 23.0. The van der Waals surface area contributed by atoms with Gasteiger partial charge in [-0.15, -0.1) is 24.0 Å². The first kappa shape index (κ1) is 31.1. The van der Waals surface area contributed by atoms with Crippen molar-refractivity contribution < 1.29 is 41.9 Å². The maximum atomic E-state index is 12.5. The molecule has 2 aliphatic heterocycles. The maximum Gasteiger partial charge on any atom is 0.244 e. The standard InChI is InChI=1S/C15H16O6S.C15H14O3.HI/c1-14(2)8-7-10-12(21-14)9-5-3-4-6-11(9)15(17,13(10)16)22(18,19)20;1-15(2)8-7-11-13(17)12(16)9-5-3-4-6-10(9)14(11)18-15;/h3-6,17H,7-8H2,1-2H3,(H,18,19,20);3-6H,7-8H2,1-2H3;1H/p-1. The molecule has 9 nitrogen and oxygen atoms in total. The lowest BCUT2D eigenvalue weighted by atomic mass is 9.81. The molecular weight excluding hydrogens is 663 g/mol. The van der Waals surface area contributed by atoms with E-state index in [1.807, 2.05) is 39.8 Å². The first-order chi connectivity index (χ1) is 18.6. The largest absolute Gasteiger partial charge is 0.745 e. The summed E-state index contributed by atoms with van der Waals surface area (Å²) in [7, 11) is -5.30. The van der Waals surface area contributed by atoms with Crippen molar-refractivity contribution in [2.75, 3.05) is 0 Å². The molecule has 0 radical (unpaired) electrons. The van der Waals surface area contributed by atoms with E-state index in [4.69, 9.17) is 9.47 Å². The van der Waals surface area contributed by atoms with Gasteiger partial charge < -0.3 is 19.1 Å². The molecule has 0 spiro atoms. The van der Waals surface area contributed by atoms with Gasteiger partial charge in [0.05, 0.1) is 0 Å². The van der Waals surface area contributed by atoms with E-state index in [1.54, 1.807) is 18.2 Å². The van der Waals surface area contributed by atoms with Gasteiger partial charge in [0.15, 0.2) is 0 Å². The third-order valence-electron chi connectivity index (χ3n) is 7.64. The van der Waals surface area contributed by atoms with Crippen LogP contribution in [0.2, 0.25) is 0 Å². The molecule has 1 atom stereocenters. The van der Waals surface area contributed by atoms with Crippen LogP contribution in [0.5, 0.6) is 0 Å². The monoisotopic (exact) mass is 693 g/mol. The normalized spacial score (nSPS) is 23.8. The zero-order chi connectivity index (χ0) is 29.3. The Labute approximate surface area is 255 Å². The topological polar surface area (TPSA) is 147 Å². The van der Waals surface area contributed by atoms with Crippen LogP contribution >= 0.6 is 24.0 Å². The van der Waals surface area contributed by atoms with Gasteiger partial charge in [-0.25, -0.2) is 8.42 Å². The highest BCUT2D eigenvalue weighted by atomic mass is 127.